The number of sulfone groups is 1. The maximum absolute atomic E-state index is 13.5. The van der Waals surface area contributed by atoms with Crippen LogP contribution in [-0.2, 0) is 9.84 Å². The summed E-state index contributed by atoms with van der Waals surface area (Å²) in [7, 11) is -3.88. The molecule has 0 fully saturated rings. The number of nitrogens with zero attached hydrogens (tertiary/aromatic N) is 5. The number of fused-ring (bicyclic) bond motifs is 3. The first-order valence-electron chi connectivity index (χ1n) is 9.60. The van der Waals surface area contributed by atoms with Crippen LogP contribution in [-0.4, -0.2) is 41.3 Å². The van der Waals surface area contributed by atoms with Crippen molar-refractivity contribution >= 4 is 32.2 Å². The lowest BCUT2D eigenvalue weighted by Gasteiger charge is -2.21. The Kier molecular flexibility index (Phi) is 4.74. The van der Waals surface area contributed by atoms with E-state index in [9.17, 15) is 8.42 Å². The number of hydrogen-bond donors (Lipinski definition) is 0. The molecule has 0 unspecified atom stereocenters. The topological polar surface area (TPSA) is 80.5 Å². The summed E-state index contributed by atoms with van der Waals surface area (Å²) in [6, 6.07) is 13.1. The summed E-state index contributed by atoms with van der Waals surface area (Å²) in [5, 5.41) is 9.00. The molecule has 0 spiro atoms. The molecule has 0 atom stereocenters. The maximum Gasteiger partial charge on any atom is 0.229 e. The molecule has 0 saturated carbocycles. The summed E-state index contributed by atoms with van der Waals surface area (Å²) in [6.45, 7) is 9.25. The monoisotopic (exact) mass is 409 g/mol. The third kappa shape index (κ3) is 3.04. The van der Waals surface area contributed by atoms with E-state index in [-0.39, 0.29) is 15.6 Å². The molecule has 29 heavy (non-hydrogen) atoms. The average molecular weight is 410 g/mol. The minimum absolute atomic E-state index is 0.120. The normalized spacial score (nSPS) is 12.0. The van der Waals surface area contributed by atoms with Crippen LogP contribution in [0.4, 0.5) is 5.82 Å². The van der Waals surface area contributed by atoms with Crippen molar-refractivity contribution < 1.29 is 8.42 Å². The van der Waals surface area contributed by atoms with Crippen LogP contribution in [0, 0.1) is 13.8 Å². The molecular formula is C21H23N5O2S. The van der Waals surface area contributed by atoms with E-state index >= 15 is 0 Å². The van der Waals surface area contributed by atoms with Crippen molar-refractivity contribution in [2.75, 3.05) is 18.0 Å². The molecule has 8 heteroatoms. The predicted molar refractivity (Wildman–Crippen MR) is 113 cm³/mol. The Balaban J connectivity index is 2.06. The van der Waals surface area contributed by atoms with E-state index in [1.807, 2.05) is 51.1 Å². The zero-order chi connectivity index (χ0) is 20.8. The van der Waals surface area contributed by atoms with Crippen molar-refractivity contribution in [1.29, 1.82) is 0 Å². The smallest absolute Gasteiger partial charge is 0.229 e. The fourth-order valence-corrected chi connectivity index (χ4v) is 5.13. The second-order valence-electron chi connectivity index (χ2n) is 7.03. The zero-order valence-electron chi connectivity index (χ0n) is 16.9. The SMILES string of the molecule is CCN(CC)c1nc2c(S(=O)(=O)c3cc(C)ccc3C)nnn2c2ccccc12. The van der Waals surface area contributed by atoms with Crippen LogP contribution in [0.3, 0.4) is 0 Å². The van der Waals surface area contributed by atoms with E-state index in [1.165, 1.54) is 4.52 Å². The van der Waals surface area contributed by atoms with Crippen LogP contribution in [0.25, 0.3) is 16.6 Å². The fourth-order valence-electron chi connectivity index (χ4n) is 3.57. The summed E-state index contributed by atoms with van der Waals surface area (Å²) in [6.07, 6.45) is 0. The van der Waals surface area contributed by atoms with Gasteiger partial charge in [0.15, 0.2) is 5.65 Å². The second-order valence-corrected chi connectivity index (χ2v) is 8.86. The van der Waals surface area contributed by atoms with Gasteiger partial charge in [-0.05, 0) is 57.0 Å². The molecular weight excluding hydrogens is 386 g/mol. The van der Waals surface area contributed by atoms with Crippen LogP contribution in [0.2, 0.25) is 0 Å². The molecule has 0 bridgehead atoms. The van der Waals surface area contributed by atoms with E-state index in [0.29, 0.717) is 5.56 Å². The lowest BCUT2D eigenvalue weighted by molar-refractivity contribution is 0.592. The van der Waals surface area contributed by atoms with Gasteiger partial charge in [-0.3, -0.25) is 0 Å². The molecule has 4 rings (SSSR count). The number of anilines is 1. The molecule has 7 nitrogen and oxygen atoms in total. The summed E-state index contributed by atoms with van der Waals surface area (Å²) < 4.78 is 28.5. The van der Waals surface area contributed by atoms with Crippen molar-refractivity contribution in [2.24, 2.45) is 0 Å². The highest BCUT2D eigenvalue weighted by Gasteiger charge is 2.29. The Hall–Kier alpha value is -3.00. The summed E-state index contributed by atoms with van der Waals surface area (Å²) in [4.78, 5) is 7.07. The molecule has 4 aromatic rings. The lowest BCUT2D eigenvalue weighted by atomic mass is 10.2. The zero-order valence-corrected chi connectivity index (χ0v) is 17.7. The Morgan fingerprint density at radius 3 is 2.48 bits per heavy atom. The second kappa shape index (κ2) is 7.11. The molecule has 2 heterocycles. The van der Waals surface area contributed by atoms with Gasteiger partial charge in [0.25, 0.3) is 0 Å². The summed E-state index contributed by atoms with van der Waals surface area (Å²) >= 11 is 0. The van der Waals surface area contributed by atoms with Crippen LogP contribution < -0.4 is 4.90 Å². The Bertz CT molecular complexity index is 1320. The van der Waals surface area contributed by atoms with Gasteiger partial charge in [-0.2, -0.15) is 4.52 Å². The van der Waals surface area contributed by atoms with E-state index < -0.39 is 9.84 Å². The minimum atomic E-state index is -3.88. The number of para-hydroxylation sites is 1. The van der Waals surface area contributed by atoms with E-state index in [4.69, 9.17) is 4.98 Å². The van der Waals surface area contributed by atoms with Gasteiger partial charge in [0.05, 0.1) is 10.4 Å². The van der Waals surface area contributed by atoms with Gasteiger partial charge in [0.1, 0.15) is 5.82 Å². The van der Waals surface area contributed by atoms with Crippen LogP contribution in [0.5, 0.6) is 0 Å². The first kappa shape index (κ1) is 19.3. The highest BCUT2D eigenvalue weighted by atomic mass is 32.2. The van der Waals surface area contributed by atoms with Gasteiger partial charge in [-0.25, -0.2) is 13.4 Å². The largest absolute Gasteiger partial charge is 0.357 e. The number of aromatic nitrogens is 4. The first-order valence-corrected chi connectivity index (χ1v) is 11.1. The third-order valence-corrected chi connectivity index (χ3v) is 6.94. The minimum Gasteiger partial charge on any atom is -0.357 e. The van der Waals surface area contributed by atoms with Gasteiger partial charge in [0, 0.05) is 18.5 Å². The van der Waals surface area contributed by atoms with Gasteiger partial charge in [0.2, 0.25) is 14.9 Å². The molecule has 0 aliphatic rings. The maximum atomic E-state index is 13.5. The highest BCUT2D eigenvalue weighted by Crippen LogP contribution is 2.30. The van der Waals surface area contributed by atoms with Gasteiger partial charge >= 0.3 is 0 Å². The fraction of sp³-hybridized carbons (Fsp3) is 0.286. The van der Waals surface area contributed by atoms with E-state index in [0.717, 1.165) is 35.4 Å². The molecule has 0 saturated heterocycles. The standard InChI is InChI=1S/C21H23N5O2S/c1-5-25(6-2)19-16-9-7-8-10-17(16)26-20(22-19)21(23-24-26)29(27,28)18-13-14(3)11-12-15(18)4/h7-13H,5-6H2,1-4H3. The van der Waals surface area contributed by atoms with E-state index in [2.05, 4.69) is 15.2 Å². The number of aryl methyl sites for hydroxylation is 2. The van der Waals surface area contributed by atoms with Crippen LogP contribution in [0.1, 0.15) is 25.0 Å². The molecule has 0 N–H and O–H groups in total. The molecule has 0 radical (unpaired) electrons. The Morgan fingerprint density at radius 2 is 1.76 bits per heavy atom. The molecule has 0 aliphatic heterocycles. The van der Waals surface area contributed by atoms with E-state index in [1.54, 1.807) is 19.1 Å². The van der Waals surface area contributed by atoms with Crippen LogP contribution >= 0.6 is 0 Å². The van der Waals surface area contributed by atoms with Crippen molar-refractivity contribution in [3.05, 3.63) is 53.6 Å². The van der Waals surface area contributed by atoms with Crippen molar-refractivity contribution in [3.63, 3.8) is 0 Å². The summed E-state index contributed by atoms with van der Waals surface area (Å²) in [5.41, 5.74) is 2.55. The molecule has 150 valence electrons. The molecule has 2 aromatic carbocycles. The van der Waals surface area contributed by atoms with Crippen molar-refractivity contribution in [2.45, 2.75) is 37.6 Å². The average Bonchev–Trinajstić information content (AvgIpc) is 3.16. The molecule has 0 aliphatic carbocycles. The van der Waals surface area contributed by atoms with Gasteiger partial charge < -0.3 is 4.90 Å². The third-order valence-electron chi connectivity index (χ3n) is 5.15. The quantitative estimate of drug-likeness (QED) is 0.501. The highest BCUT2D eigenvalue weighted by molar-refractivity contribution is 7.91. The number of rotatable bonds is 5. The molecule has 2 aromatic heterocycles. The summed E-state index contributed by atoms with van der Waals surface area (Å²) in [5.74, 6) is 0.734. The Labute approximate surface area is 169 Å². The number of benzene rings is 2. The van der Waals surface area contributed by atoms with Crippen LogP contribution in [0.15, 0.2) is 52.4 Å². The first-order chi connectivity index (χ1) is 13.9. The Morgan fingerprint density at radius 1 is 1.03 bits per heavy atom. The molecule has 0 amide bonds. The number of hydrogen-bond acceptors (Lipinski definition) is 6. The van der Waals surface area contributed by atoms with Gasteiger partial charge in [-0.1, -0.05) is 29.5 Å². The van der Waals surface area contributed by atoms with Gasteiger partial charge in [-0.15, -0.1) is 5.10 Å². The van der Waals surface area contributed by atoms with Crippen molar-refractivity contribution in [3.8, 4) is 0 Å². The van der Waals surface area contributed by atoms with Crippen molar-refractivity contribution in [1.82, 2.24) is 19.8 Å². The predicted octanol–water partition coefficient (Wildman–Crippen LogP) is 3.57. The lowest BCUT2D eigenvalue weighted by Crippen LogP contribution is -2.23.